The molecule has 0 rings (SSSR count). The molecule has 0 N–H and O–H groups in total. The highest BCUT2D eigenvalue weighted by Gasteiger charge is 1.55. The van der Waals surface area contributed by atoms with E-state index in [1.807, 2.05) is 13.0 Å². The van der Waals surface area contributed by atoms with Crippen LogP contribution in [0.4, 0.5) is 0 Å². The quantitative estimate of drug-likeness (QED) is 0.288. The summed E-state index contributed by atoms with van der Waals surface area (Å²) in [5.41, 5.74) is 0. The summed E-state index contributed by atoms with van der Waals surface area (Å²) in [6, 6.07) is 0. The molecule has 0 radical (unpaired) electrons. The maximum absolute atomic E-state index is 9.56. The van der Waals surface area contributed by atoms with Gasteiger partial charge in [-0.15, -0.1) is 0 Å². The highest BCUT2D eigenvalue weighted by atomic mass is 16.1. The van der Waals surface area contributed by atoms with Crippen LogP contribution in [0.5, 0.6) is 0 Å². The second-order valence-corrected chi connectivity index (χ2v) is 1.05. The Morgan fingerprint density at radius 2 is 1.86 bits per heavy atom. The molecule has 0 spiro atoms. The molecule has 0 aromatic heterocycles. The summed E-state index contributed by atoms with van der Waals surface area (Å²) in [5.74, 6) is 0. The molecule has 0 aliphatic rings. The molecule has 0 aliphatic heterocycles. The third-order valence-corrected chi connectivity index (χ3v) is 0.493. The van der Waals surface area contributed by atoms with E-state index in [-0.39, 0.29) is 0 Å². The molecule has 0 atom stereocenters. The molecule has 0 saturated carbocycles. The summed E-state index contributed by atoms with van der Waals surface area (Å²) in [6.45, 7) is 1.90. The SMILES string of the molecule is CC=C/C=C\C=O. The Morgan fingerprint density at radius 3 is 2.29 bits per heavy atom. The topological polar surface area (TPSA) is 17.1 Å². The second-order valence-electron chi connectivity index (χ2n) is 1.05. The van der Waals surface area contributed by atoms with E-state index in [9.17, 15) is 4.79 Å². The van der Waals surface area contributed by atoms with Gasteiger partial charge in [0, 0.05) is 0 Å². The van der Waals surface area contributed by atoms with Crippen LogP contribution in [0.2, 0.25) is 0 Å². The van der Waals surface area contributed by atoms with E-state index in [1.165, 1.54) is 6.08 Å². The molecule has 0 unspecified atom stereocenters. The predicted molar refractivity (Wildman–Crippen MR) is 30.0 cm³/mol. The highest BCUT2D eigenvalue weighted by molar-refractivity contribution is 5.65. The fourth-order valence-corrected chi connectivity index (χ4v) is 0.221. The predicted octanol–water partition coefficient (Wildman–Crippen LogP) is 1.32. The van der Waals surface area contributed by atoms with E-state index < -0.39 is 0 Å². The second kappa shape index (κ2) is 5.15. The van der Waals surface area contributed by atoms with Crippen molar-refractivity contribution >= 4 is 6.29 Å². The maximum Gasteiger partial charge on any atom is 0.142 e. The van der Waals surface area contributed by atoms with Gasteiger partial charge in [-0.05, 0) is 13.0 Å². The van der Waals surface area contributed by atoms with Crippen molar-refractivity contribution in [3.63, 3.8) is 0 Å². The Labute approximate surface area is 43.3 Å². The van der Waals surface area contributed by atoms with Gasteiger partial charge in [0.05, 0.1) is 0 Å². The molecule has 1 heteroatoms. The average molecular weight is 96.1 g/mol. The lowest BCUT2D eigenvalue weighted by Gasteiger charge is -1.62. The number of carbonyl (C=O) groups excluding carboxylic acids is 1. The summed E-state index contributed by atoms with van der Waals surface area (Å²) in [4.78, 5) is 9.56. The van der Waals surface area contributed by atoms with Gasteiger partial charge < -0.3 is 0 Å². The van der Waals surface area contributed by atoms with Crippen LogP contribution < -0.4 is 0 Å². The lowest BCUT2D eigenvalue weighted by molar-refractivity contribution is -0.104. The summed E-state index contributed by atoms with van der Waals surface area (Å²) in [6.07, 6.45) is 7.54. The van der Waals surface area contributed by atoms with Gasteiger partial charge in [-0.1, -0.05) is 18.2 Å². The molecular formula is C6H8O. The minimum absolute atomic E-state index is 0.750. The first-order valence-electron chi connectivity index (χ1n) is 2.15. The Balaban J connectivity index is 3.27. The van der Waals surface area contributed by atoms with Crippen molar-refractivity contribution in [2.24, 2.45) is 0 Å². The number of aldehydes is 1. The van der Waals surface area contributed by atoms with Crippen molar-refractivity contribution in [2.75, 3.05) is 0 Å². The van der Waals surface area contributed by atoms with Gasteiger partial charge in [-0.2, -0.15) is 0 Å². The molecule has 7 heavy (non-hydrogen) atoms. The standard InChI is InChI=1S/C6H8O/c1-2-3-4-5-6-7/h2-6H,1H3/b3-2?,5-4-. The zero-order valence-electron chi connectivity index (χ0n) is 4.29. The van der Waals surface area contributed by atoms with Crippen LogP contribution in [0.25, 0.3) is 0 Å². The molecule has 0 aromatic carbocycles. The molecule has 0 bridgehead atoms. The summed E-state index contributed by atoms with van der Waals surface area (Å²) in [5, 5.41) is 0. The lowest BCUT2D eigenvalue weighted by atomic mass is 10.5. The minimum atomic E-state index is 0.750. The molecule has 0 aromatic rings. The van der Waals surface area contributed by atoms with Gasteiger partial charge >= 0.3 is 0 Å². The average Bonchev–Trinajstić information content (AvgIpc) is 1.69. The van der Waals surface area contributed by atoms with Crippen LogP contribution in [0.3, 0.4) is 0 Å². The Bertz CT molecular complexity index is 90.4. The maximum atomic E-state index is 9.56. The number of hydrogen-bond acceptors (Lipinski definition) is 1. The first-order valence-corrected chi connectivity index (χ1v) is 2.15. The van der Waals surface area contributed by atoms with Crippen LogP contribution in [-0.4, -0.2) is 6.29 Å². The fraction of sp³-hybridized carbons (Fsp3) is 0.167. The lowest BCUT2D eigenvalue weighted by Crippen LogP contribution is -1.53. The van der Waals surface area contributed by atoms with Crippen molar-refractivity contribution in [2.45, 2.75) is 6.92 Å². The molecule has 0 aliphatic carbocycles. The Morgan fingerprint density at radius 1 is 1.14 bits per heavy atom. The molecule has 0 heterocycles. The van der Waals surface area contributed by atoms with E-state index in [0.717, 1.165) is 6.29 Å². The number of carbonyl (C=O) groups is 1. The van der Waals surface area contributed by atoms with Gasteiger partial charge in [-0.25, -0.2) is 0 Å². The van der Waals surface area contributed by atoms with Crippen LogP contribution in [-0.2, 0) is 4.79 Å². The first kappa shape index (κ1) is 6.15. The number of allylic oxidation sites excluding steroid dienone is 4. The molecule has 0 amide bonds. The van der Waals surface area contributed by atoms with Crippen LogP contribution in [0, 0.1) is 0 Å². The first-order chi connectivity index (χ1) is 3.41. The van der Waals surface area contributed by atoms with Gasteiger partial charge in [0.25, 0.3) is 0 Å². The van der Waals surface area contributed by atoms with E-state index in [2.05, 4.69) is 0 Å². The largest absolute Gasteiger partial charge is 0.299 e. The summed E-state index contributed by atoms with van der Waals surface area (Å²) in [7, 11) is 0. The smallest absolute Gasteiger partial charge is 0.142 e. The van der Waals surface area contributed by atoms with Crippen molar-refractivity contribution in [1.29, 1.82) is 0 Å². The molecule has 1 nitrogen and oxygen atoms in total. The fourth-order valence-electron chi connectivity index (χ4n) is 0.221. The van der Waals surface area contributed by atoms with Crippen molar-refractivity contribution in [3.05, 3.63) is 24.3 Å². The number of hydrogen-bond donors (Lipinski definition) is 0. The summed E-state index contributed by atoms with van der Waals surface area (Å²) >= 11 is 0. The Hall–Kier alpha value is -0.850. The van der Waals surface area contributed by atoms with E-state index >= 15 is 0 Å². The van der Waals surface area contributed by atoms with Gasteiger partial charge in [-0.3, -0.25) is 4.79 Å². The number of rotatable bonds is 2. The van der Waals surface area contributed by atoms with Crippen molar-refractivity contribution < 1.29 is 4.79 Å². The van der Waals surface area contributed by atoms with Crippen molar-refractivity contribution in [3.8, 4) is 0 Å². The van der Waals surface area contributed by atoms with Crippen molar-refractivity contribution in [1.82, 2.24) is 0 Å². The van der Waals surface area contributed by atoms with Gasteiger partial charge in [0.15, 0.2) is 0 Å². The molecular weight excluding hydrogens is 88.1 g/mol. The normalized spacial score (nSPS) is 11.0. The zero-order valence-corrected chi connectivity index (χ0v) is 4.29. The zero-order chi connectivity index (χ0) is 5.54. The molecule has 38 valence electrons. The molecule has 0 saturated heterocycles. The van der Waals surface area contributed by atoms with Crippen LogP contribution >= 0.6 is 0 Å². The third-order valence-electron chi connectivity index (χ3n) is 0.493. The summed E-state index contributed by atoms with van der Waals surface area (Å²) < 4.78 is 0. The third kappa shape index (κ3) is 5.15. The van der Waals surface area contributed by atoms with Gasteiger partial charge in [0.2, 0.25) is 0 Å². The van der Waals surface area contributed by atoms with E-state index in [1.54, 1.807) is 12.2 Å². The monoisotopic (exact) mass is 96.1 g/mol. The van der Waals surface area contributed by atoms with E-state index in [0.29, 0.717) is 0 Å². The van der Waals surface area contributed by atoms with Crippen LogP contribution in [0.1, 0.15) is 6.92 Å². The highest BCUT2D eigenvalue weighted by Crippen LogP contribution is 1.70. The van der Waals surface area contributed by atoms with Gasteiger partial charge in [0.1, 0.15) is 6.29 Å². The van der Waals surface area contributed by atoms with E-state index in [4.69, 9.17) is 0 Å². The van der Waals surface area contributed by atoms with Crippen LogP contribution in [0.15, 0.2) is 24.3 Å². The molecule has 0 fully saturated rings. The Kier molecular flexibility index (Phi) is 4.52. The minimum Gasteiger partial charge on any atom is -0.299 e.